The number of nitrogens with zero attached hydrogens (tertiary/aromatic N) is 4. The van der Waals surface area contributed by atoms with Crippen LogP contribution in [0, 0.1) is 0 Å². The molecule has 1 N–H and O–H groups in total. The van der Waals surface area contributed by atoms with E-state index in [-0.39, 0.29) is 17.5 Å². The molecule has 4 aromatic heterocycles. The molecule has 0 bridgehead atoms. The van der Waals surface area contributed by atoms with Crippen LogP contribution in [0.2, 0.25) is 0 Å². The molecule has 0 fully saturated rings. The molecule has 2 aliphatic heterocycles. The fraction of sp³-hybridized carbons (Fsp3) is 0.125. The van der Waals surface area contributed by atoms with Gasteiger partial charge in [-0.05, 0) is 50.2 Å². The van der Waals surface area contributed by atoms with Crippen molar-refractivity contribution < 1.29 is 33.7 Å². The standard InChI is InChI=1S/C21H16N2O4.C19H14N2O3/c1-12(24)14-3-5-15(6-4-14)18-8-7-17-20(26-13(2)25)16-9-10-22-11-19(16)27-21(17)23-18;1-11(22)12-2-4-13(5-3-12)16-7-6-15-18(23)14-8-9-20-10-17(14)24-19(15)21-16/h3-11,20H,1-2H3;2-10,18,23H,1H3. The fourth-order valence-electron chi connectivity index (χ4n) is 5.78. The number of rotatable bonds is 5. The molecule has 6 aromatic rings. The third-order valence-corrected chi connectivity index (χ3v) is 8.44. The molecule has 11 nitrogen and oxygen atoms in total. The number of hydrogen-bond acceptors (Lipinski definition) is 11. The second-order valence-electron chi connectivity index (χ2n) is 11.9. The van der Waals surface area contributed by atoms with Gasteiger partial charge in [0.15, 0.2) is 29.2 Å². The van der Waals surface area contributed by atoms with Crippen LogP contribution in [0.4, 0.5) is 0 Å². The Bertz CT molecular complexity index is 2310. The number of aliphatic hydroxyl groups excluding tert-OH is 1. The van der Waals surface area contributed by atoms with Crippen LogP contribution in [0.3, 0.4) is 0 Å². The first-order valence-corrected chi connectivity index (χ1v) is 16.0. The molecule has 0 aliphatic carbocycles. The molecule has 6 heterocycles. The molecule has 0 saturated heterocycles. The number of esters is 1. The Balaban J connectivity index is 0.000000160. The van der Waals surface area contributed by atoms with Crippen molar-refractivity contribution in [3.63, 3.8) is 0 Å². The number of benzene rings is 2. The Kier molecular flexibility index (Phi) is 8.87. The van der Waals surface area contributed by atoms with Crippen LogP contribution in [-0.4, -0.2) is 42.6 Å². The molecule has 2 aliphatic rings. The van der Waals surface area contributed by atoms with Gasteiger partial charge < -0.3 is 19.3 Å². The summed E-state index contributed by atoms with van der Waals surface area (Å²) >= 11 is 0. The maximum absolute atomic E-state index is 11.6. The molecular weight excluding hydrogens is 648 g/mol. The van der Waals surface area contributed by atoms with Crippen LogP contribution in [0.25, 0.3) is 22.5 Å². The fourth-order valence-corrected chi connectivity index (χ4v) is 5.78. The van der Waals surface area contributed by atoms with Gasteiger partial charge >= 0.3 is 5.97 Å². The Hall–Kier alpha value is -6.59. The molecule has 11 heteroatoms. The van der Waals surface area contributed by atoms with Crippen molar-refractivity contribution in [2.45, 2.75) is 33.0 Å². The SMILES string of the molecule is CC(=O)OC1c2ccncc2Oc2nc(-c3ccc(C(C)=O)cc3)ccc21.CC(=O)c1ccc(-c2ccc3c(n2)Oc2cnccc2C3O)cc1. The predicted molar refractivity (Wildman–Crippen MR) is 186 cm³/mol. The zero-order valence-corrected chi connectivity index (χ0v) is 27.7. The number of ketones is 2. The quantitative estimate of drug-likeness (QED) is 0.142. The summed E-state index contributed by atoms with van der Waals surface area (Å²) in [6, 6.07) is 25.3. The molecule has 8 rings (SSSR count). The lowest BCUT2D eigenvalue weighted by Gasteiger charge is -2.26. The van der Waals surface area contributed by atoms with Crippen molar-refractivity contribution in [3.05, 3.63) is 143 Å². The molecular formula is C40H30N4O7. The average Bonchev–Trinajstić information content (AvgIpc) is 3.14. The highest BCUT2D eigenvalue weighted by Crippen LogP contribution is 2.44. The van der Waals surface area contributed by atoms with Crippen LogP contribution in [0.1, 0.15) is 75.9 Å². The zero-order valence-electron chi connectivity index (χ0n) is 27.7. The summed E-state index contributed by atoms with van der Waals surface area (Å²) in [4.78, 5) is 51.6. The minimum Gasteiger partial charge on any atom is -0.452 e. The number of aromatic nitrogens is 4. The largest absolute Gasteiger partial charge is 0.452 e. The molecule has 2 atom stereocenters. The van der Waals surface area contributed by atoms with Gasteiger partial charge in [0.1, 0.15) is 6.10 Å². The monoisotopic (exact) mass is 678 g/mol. The summed E-state index contributed by atoms with van der Waals surface area (Å²) in [7, 11) is 0. The number of fused-ring (bicyclic) bond motifs is 4. The molecule has 0 saturated carbocycles. The maximum Gasteiger partial charge on any atom is 0.303 e. The first-order chi connectivity index (χ1) is 24.7. The Morgan fingerprint density at radius 2 is 1.06 bits per heavy atom. The van der Waals surface area contributed by atoms with Crippen molar-refractivity contribution in [1.29, 1.82) is 0 Å². The highest BCUT2D eigenvalue weighted by atomic mass is 16.6. The van der Waals surface area contributed by atoms with Gasteiger partial charge in [-0.1, -0.05) is 48.5 Å². The Morgan fingerprint density at radius 3 is 1.57 bits per heavy atom. The van der Waals surface area contributed by atoms with E-state index in [4.69, 9.17) is 14.2 Å². The van der Waals surface area contributed by atoms with Crippen LogP contribution in [0.15, 0.2) is 110 Å². The summed E-state index contributed by atoms with van der Waals surface area (Å²) < 4.78 is 17.2. The Morgan fingerprint density at radius 1 is 0.588 bits per heavy atom. The zero-order chi connectivity index (χ0) is 35.6. The molecule has 2 unspecified atom stereocenters. The minimum atomic E-state index is -0.784. The topological polar surface area (TPSA) is 151 Å². The number of carbonyl (C=O) groups is 3. The summed E-state index contributed by atoms with van der Waals surface area (Å²) in [6.07, 6.45) is 5.01. The van der Waals surface area contributed by atoms with E-state index in [1.54, 1.807) is 61.2 Å². The second kappa shape index (κ2) is 13.7. The first-order valence-electron chi connectivity index (χ1n) is 16.0. The van der Waals surface area contributed by atoms with Crippen molar-refractivity contribution in [2.24, 2.45) is 0 Å². The summed E-state index contributed by atoms with van der Waals surface area (Å²) in [5.41, 5.74) is 7.13. The lowest BCUT2D eigenvalue weighted by atomic mass is 9.99. The van der Waals surface area contributed by atoms with E-state index in [0.717, 1.165) is 16.7 Å². The van der Waals surface area contributed by atoms with Gasteiger partial charge in [0.05, 0.1) is 29.3 Å². The number of aliphatic hydroxyl groups is 1. The lowest BCUT2D eigenvalue weighted by molar-refractivity contribution is -0.145. The lowest BCUT2D eigenvalue weighted by Crippen LogP contribution is -2.16. The van der Waals surface area contributed by atoms with Crippen LogP contribution >= 0.6 is 0 Å². The van der Waals surface area contributed by atoms with Gasteiger partial charge in [-0.2, -0.15) is 0 Å². The van der Waals surface area contributed by atoms with Crippen LogP contribution < -0.4 is 9.47 Å². The number of ether oxygens (including phenoxy) is 3. The number of carbonyl (C=O) groups excluding carboxylic acids is 3. The number of pyridine rings is 4. The second-order valence-corrected chi connectivity index (χ2v) is 11.9. The van der Waals surface area contributed by atoms with E-state index >= 15 is 0 Å². The van der Waals surface area contributed by atoms with Gasteiger partial charge in [0, 0.05) is 58.3 Å². The van der Waals surface area contributed by atoms with Crippen molar-refractivity contribution in [2.75, 3.05) is 0 Å². The summed E-state index contributed by atoms with van der Waals surface area (Å²) in [5, 5.41) is 10.5. The van der Waals surface area contributed by atoms with E-state index in [1.165, 1.54) is 20.8 Å². The van der Waals surface area contributed by atoms with E-state index in [2.05, 4.69) is 19.9 Å². The Labute approximate surface area is 292 Å². The van der Waals surface area contributed by atoms with Gasteiger partial charge in [0.2, 0.25) is 11.8 Å². The van der Waals surface area contributed by atoms with Crippen molar-refractivity contribution >= 4 is 17.5 Å². The maximum atomic E-state index is 11.6. The van der Waals surface area contributed by atoms with Crippen LogP contribution in [0.5, 0.6) is 23.3 Å². The minimum absolute atomic E-state index is 0.0108. The molecule has 0 radical (unpaired) electrons. The van der Waals surface area contributed by atoms with Gasteiger partial charge in [-0.3, -0.25) is 24.4 Å². The van der Waals surface area contributed by atoms with E-state index in [9.17, 15) is 19.5 Å². The van der Waals surface area contributed by atoms with E-state index < -0.39 is 12.2 Å². The highest BCUT2D eigenvalue weighted by molar-refractivity contribution is 5.95. The first kappa shape index (κ1) is 32.9. The van der Waals surface area contributed by atoms with Gasteiger partial charge in [0.25, 0.3) is 0 Å². The predicted octanol–water partition coefficient (Wildman–Crippen LogP) is 7.64. The molecule has 2 aromatic carbocycles. The van der Waals surface area contributed by atoms with Gasteiger partial charge in [-0.15, -0.1) is 0 Å². The molecule has 0 amide bonds. The highest BCUT2D eigenvalue weighted by Gasteiger charge is 2.31. The molecule has 51 heavy (non-hydrogen) atoms. The third-order valence-electron chi connectivity index (χ3n) is 8.44. The van der Waals surface area contributed by atoms with Gasteiger partial charge in [-0.25, -0.2) is 9.97 Å². The normalized spacial score (nSPS) is 14.8. The number of Topliss-reactive ketones (excluding diaryl/α,β-unsaturated/α-hetero) is 2. The molecule has 252 valence electrons. The van der Waals surface area contributed by atoms with E-state index in [0.29, 0.717) is 62.5 Å². The third kappa shape index (κ3) is 6.70. The van der Waals surface area contributed by atoms with Crippen LogP contribution in [-0.2, 0) is 9.53 Å². The van der Waals surface area contributed by atoms with Crippen molar-refractivity contribution in [3.8, 4) is 45.8 Å². The summed E-state index contributed by atoms with van der Waals surface area (Å²) in [5.74, 6) is 1.40. The average molecular weight is 679 g/mol. The van der Waals surface area contributed by atoms with Crippen molar-refractivity contribution in [1.82, 2.24) is 19.9 Å². The van der Waals surface area contributed by atoms with E-state index in [1.807, 2.05) is 48.5 Å². The number of hydrogen-bond donors (Lipinski definition) is 1. The smallest absolute Gasteiger partial charge is 0.303 e. The summed E-state index contributed by atoms with van der Waals surface area (Å²) in [6.45, 7) is 4.43. The molecule has 0 spiro atoms.